The number of hydrogen-bond donors (Lipinski definition) is 0. The van der Waals surface area contributed by atoms with Gasteiger partial charge in [0.1, 0.15) is 5.15 Å². The zero-order valence-electron chi connectivity index (χ0n) is 9.88. The minimum absolute atomic E-state index is 0.160. The highest BCUT2D eigenvalue weighted by Crippen LogP contribution is 2.10. The molecule has 0 bridgehead atoms. The van der Waals surface area contributed by atoms with Crippen LogP contribution in [0, 0.1) is 11.3 Å². The average molecular weight is 269 g/mol. The maximum Gasteiger partial charge on any atom is 0.186 e. The Morgan fingerprint density at radius 3 is 2.89 bits per heavy atom. The van der Waals surface area contributed by atoms with E-state index in [2.05, 4.69) is 4.98 Å². The first kappa shape index (κ1) is 13.0. The normalized spacial score (nSPS) is 10.3. The second-order valence-electron chi connectivity index (χ2n) is 3.80. The monoisotopic (exact) mass is 268 g/mol. The van der Waals surface area contributed by atoms with Crippen molar-refractivity contribution in [2.75, 3.05) is 0 Å². The van der Waals surface area contributed by atoms with Gasteiger partial charge in [-0.3, -0.25) is 4.79 Å². The largest absolute Gasteiger partial charge is 0.289 e. The number of halogens is 1. The summed E-state index contributed by atoms with van der Waals surface area (Å²) in [5.74, 6) is -0.160. The Morgan fingerprint density at radius 1 is 1.32 bits per heavy atom. The fourth-order valence-electron chi connectivity index (χ4n) is 1.54. The molecule has 4 heteroatoms. The Labute approximate surface area is 115 Å². The van der Waals surface area contributed by atoms with Crippen LogP contribution in [0.3, 0.4) is 0 Å². The average Bonchev–Trinajstić information content (AvgIpc) is 2.45. The van der Waals surface area contributed by atoms with Gasteiger partial charge < -0.3 is 0 Å². The van der Waals surface area contributed by atoms with Gasteiger partial charge in [-0.2, -0.15) is 5.26 Å². The maximum atomic E-state index is 11.9. The van der Waals surface area contributed by atoms with Crippen molar-refractivity contribution in [1.29, 1.82) is 5.26 Å². The molecule has 0 amide bonds. The Bertz CT molecular complexity index is 687. The van der Waals surface area contributed by atoms with Crippen LogP contribution in [0.4, 0.5) is 0 Å². The van der Waals surface area contributed by atoms with Crippen LogP contribution < -0.4 is 0 Å². The van der Waals surface area contributed by atoms with Gasteiger partial charge in [0.05, 0.1) is 11.6 Å². The summed E-state index contributed by atoms with van der Waals surface area (Å²) in [4.78, 5) is 15.7. The number of hydrogen-bond acceptors (Lipinski definition) is 3. The number of nitrogens with zero attached hydrogens (tertiary/aromatic N) is 2. The highest BCUT2D eigenvalue weighted by Gasteiger charge is 2.02. The van der Waals surface area contributed by atoms with Crippen LogP contribution in [0.2, 0.25) is 5.15 Å². The molecular weight excluding hydrogens is 260 g/mol. The van der Waals surface area contributed by atoms with Gasteiger partial charge in [-0.15, -0.1) is 0 Å². The molecule has 0 fully saturated rings. The lowest BCUT2D eigenvalue weighted by molar-refractivity contribution is 0.104. The Morgan fingerprint density at radius 2 is 2.16 bits per heavy atom. The van der Waals surface area contributed by atoms with Crippen LogP contribution in [0.25, 0.3) is 6.08 Å². The van der Waals surface area contributed by atoms with Crippen molar-refractivity contribution >= 4 is 23.5 Å². The number of rotatable bonds is 3. The molecule has 0 atom stereocenters. The highest BCUT2D eigenvalue weighted by atomic mass is 35.5. The van der Waals surface area contributed by atoms with Gasteiger partial charge >= 0.3 is 0 Å². The number of allylic oxidation sites excluding steroid dienone is 1. The lowest BCUT2D eigenvalue weighted by Gasteiger charge is -1.96. The van der Waals surface area contributed by atoms with Crippen molar-refractivity contribution in [2.45, 2.75) is 0 Å². The third-order valence-electron chi connectivity index (χ3n) is 2.45. The molecule has 1 heterocycles. The van der Waals surface area contributed by atoms with Crippen molar-refractivity contribution in [3.8, 4) is 6.07 Å². The molecule has 0 saturated heterocycles. The van der Waals surface area contributed by atoms with Crippen molar-refractivity contribution in [3.63, 3.8) is 0 Å². The van der Waals surface area contributed by atoms with E-state index in [1.807, 2.05) is 12.1 Å². The SMILES string of the molecule is N#Cc1cccc(C=CC(=O)c2ccnc(Cl)c2)c1. The number of carbonyl (C=O) groups excluding carboxylic acids is 1. The number of benzene rings is 1. The molecule has 0 unspecified atom stereocenters. The number of ketones is 1. The summed E-state index contributed by atoms with van der Waals surface area (Å²) >= 11 is 5.72. The van der Waals surface area contributed by atoms with Gasteiger partial charge in [0.2, 0.25) is 0 Å². The summed E-state index contributed by atoms with van der Waals surface area (Å²) in [5, 5.41) is 9.07. The number of carbonyl (C=O) groups is 1. The first-order valence-corrected chi connectivity index (χ1v) is 5.91. The molecule has 0 saturated carbocycles. The quantitative estimate of drug-likeness (QED) is 0.486. The van der Waals surface area contributed by atoms with Gasteiger partial charge in [0.15, 0.2) is 5.78 Å². The van der Waals surface area contributed by atoms with E-state index in [4.69, 9.17) is 16.9 Å². The van der Waals surface area contributed by atoms with Gasteiger partial charge in [0.25, 0.3) is 0 Å². The van der Waals surface area contributed by atoms with Crippen LogP contribution in [-0.2, 0) is 0 Å². The molecular formula is C15H9ClN2O. The molecule has 0 N–H and O–H groups in total. The van der Waals surface area contributed by atoms with Crippen LogP contribution in [0.1, 0.15) is 21.5 Å². The standard InChI is InChI=1S/C15H9ClN2O/c16-15-9-13(6-7-18-15)14(19)5-4-11-2-1-3-12(8-11)10-17/h1-9H. The molecule has 2 aromatic rings. The lowest BCUT2D eigenvalue weighted by atomic mass is 10.1. The van der Waals surface area contributed by atoms with E-state index < -0.39 is 0 Å². The summed E-state index contributed by atoms with van der Waals surface area (Å²) in [6.07, 6.45) is 4.60. The first-order valence-electron chi connectivity index (χ1n) is 5.53. The van der Waals surface area contributed by atoms with Crippen LogP contribution >= 0.6 is 11.6 Å². The molecule has 19 heavy (non-hydrogen) atoms. The number of pyridine rings is 1. The topological polar surface area (TPSA) is 53.8 Å². The van der Waals surface area contributed by atoms with Crippen molar-refractivity contribution in [1.82, 2.24) is 4.98 Å². The number of aromatic nitrogens is 1. The summed E-state index contributed by atoms with van der Waals surface area (Å²) < 4.78 is 0. The summed E-state index contributed by atoms with van der Waals surface area (Å²) in [7, 11) is 0. The Kier molecular flexibility index (Phi) is 4.07. The van der Waals surface area contributed by atoms with Crippen LogP contribution in [0.5, 0.6) is 0 Å². The minimum Gasteiger partial charge on any atom is -0.289 e. The fourth-order valence-corrected chi connectivity index (χ4v) is 1.71. The second kappa shape index (κ2) is 5.94. The molecule has 1 aromatic heterocycles. The van der Waals surface area contributed by atoms with Crippen LogP contribution in [-0.4, -0.2) is 10.8 Å². The van der Waals surface area contributed by atoms with Gasteiger partial charge in [-0.25, -0.2) is 4.98 Å². The third-order valence-corrected chi connectivity index (χ3v) is 2.66. The van der Waals surface area contributed by atoms with Crippen molar-refractivity contribution in [3.05, 3.63) is 70.5 Å². The predicted octanol–water partition coefficient (Wildman–Crippen LogP) is 3.50. The molecule has 2 rings (SSSR count). The molecule has 92 valence electrons. The maximum absolute atomic E-state index is 11.9. The molecule has 1 aromatic carbocycles. The smallest absolute Gasteiger partial charge is 0.186 e. The predicted molar refractivity (Wildman–Crippen MR) is 73.8 cm³/mol. The van der Waals surface area contributed by atoms with Gasteiger partial charge in [-0.1, -0.05) is 29.8 Å². The van der Waals surface area contributed by atoms with E-state index in [0.717, 1.165) is 5.56 Å². The van der Waals surface area contributed by atoms with Crippen molar-refractivity contribution in [2.24, 2.45) is 0 Å². The van der Waals surface area contributed by atoms with E-state index >= 15 is 0 Å². The summed E-state index contributed by atoms with van der Waals surface area (Å²) in [6.45, 7) is 0. The second-order valence-corrected chi connectivity index (χ2v) is 4.19. The molecule has 0 aliphatic heterocycles. The summed E-state index contributed by atoms with van der Waals surface area (Å²) in [6, 6.07) is 12.2. The minimum atomic E-state index is -0.160. The number of nitriles is 1. The summed E-state index contributed by atoms with van der Waals surface area (Å²) in [5.41, 5.74) is 1.83. The van der Waals surface area contributed by atoms with E-state index in [0.29, 0.717) is 11.1 Å². The third kappa shape index (κ3) is 3.51. The zero-order chi connectivity index (χ0) is 13.7. The van der Waals surface area contributed by atoms with E-state index in [9.17, 15) is 4.79 Å². The molecule has 0 aliphatic carbocycles. The Balaban J connectivity index is 2.18. The van der Waals surface area contributed by atoms with Crippen LogP contribution in [0.15, 0.2) is 48.7 Å². The zero-order valence-corrected chi connectivity index (χ0v) is 10.6. The molecule has 0 radical (unpaired) electrons. The molecule has 3 nitrogen and oxygen atoms in total. The molecule has 0 aliphatic rings. The van der Waals surface area contributed by atoms with Gasteiger partial charge in [-0.05, 0) is 35.9 Å². The molecule has 0 spiro atoms. The fraction of sp³-hybridized carbons (Fsp3) is 0. The highest BCUT2D eigenvalue weighted by molar-refractivity contribution is 6.29. The lowest BCUT2D eigenvalue weighted by Crippen LogP contribution is -1.94. The van der Waals surface area contributed by atoms with E-state index in [1.165, 1.54) is 18.3 Å². The van der Waals surface area contributed by atoms with E-state index in [-0.39, 0.29) is 10.9 Å². The Hall–Kier alpha value is -2.44. The van der Waals surface area contributed by atoms with E-state index in [1.54, 1.807) is 30.3 Å². The van der Waals surface area contributed by atoms with Gasteiger partial charge in [0, 0.05) is 11.8 Å². The first-order chi connectivity index (χ1) is 9.19. The van der Waals surface area contributed by atoms with Crippen molar-refractivity contribution < 1.29 is 4.79 Å².